The van der Waals surface area contributed by atoms with Crippen molar-refractivity contribution in [3.8, 4) is 0 Å². The molecule has 1 rings (SSSR count). The van der Waals surface area contributed by atoms with Crippen molar-refractivity contribution in [3.05, 3.63) is 0 Å². The Labute approximate surface area is 735 Å². The van der Waals surface area contributed by atoms with Gasteiger partial charge in [0.2, 0.25) is 11.8 Å². The zero-order chi connectivity index (χ0) is 89.0. The van der Waals surface area contributed by atoms with Gasteiger partial charge < -0.3 is 68.8 Å². The second-order valence-corrected chi connectivity index (χ2v) is 37.9. The van der Waals surface area contributed by atoms with Gasteiger partial charge in [0.1, 0.15) is 36.6 Å². The maximum absolute atomic E-state index is 15.1. The number of nitrogens with one attached hydrogen (secondary N) is 2. The first-order valence-corrected chi connectivity index (χ1v) is 52.8. The predicted octanol–water partition coefficient (Wildman–Crippen LogP) is 23.6. The first kappa shape index (κ1) is 116. The Morgan fingerprint density at radius 1 is 0.355 bits per heavy atom. The van der Waals surface area contributed by atoms with Gasteiger partial charge in [0.25, 0.3) is 0 Å². The number of unbranched alkanes of at least 4 members (excludes halogenated alkanes) is 54. The molecule has 714 valence electrons. The molecule has 121 heavy (non-hydrogen) atoms. The molecule has 26 heteroatoms. The lowest BCUT2D eigenvalue weighted by Gasteiger charge is -2.46. The fraction of sp³-hybridized carbons (Fsp3) is 0.937. The summed E-state index contributed by atoms with van der Waals surface area (Å²) in [5, 5.41) is 28.2. The van der Waals surface area contributed by atoms with Gasteiger partial charge in [0.15, 0.2) is 12.4 Å². The van der Waals surface area contributed by atoms with E-state index in [0.29, 0.717) is 44.9 Å². The lowest BCUT2D eigenvalue weighted by Crippen LogP contribution is -2.67. The lowest BCUT2D eigenvalue weighted by molar-refractivity contribution is -0.278. The van der Waals surface area contributed by atoms with E-state index in [0.717, 1.165) is 205 Å². The Bertz CT molecular complexity index is 2580. The van der Waals surface area contributed by atoms with Crippen LogP contribution in [0.1, 0.15) is 485 Å². The second-order valence-electron chi connectivity index (χ2n) is 35.5. The molecular formula is C95H182N2O22P2. The van der Waals surface area contributed by atoms with Crippen LogP contribution in [0.5, 0.6) is 0 Å². The minimum absolute atomic E-state index is 0.103. The zero-order valence-corrected chi connectivity index (χ0v) is 79.3. The molecule has 0 aromatic heterocycles. The first-order valence-electron chi connectivity index (χ1n) is 49.8. The first-order chi connectivity index (χ1) is 58.5. The quantitative estimate of drug-likeness (QED) is 0.0121. The molecular weight excluding hydrogens is 1580 g/mol. The molecule has 1 aliphatic rings. The van der Waals surface area contributed by atoms with Crippen LogP contribution in [0.15, 0.2) is 0 Å². The van der Waals surface area contributed by atoms with Gasteiger partial charge in [-0.25, -0.2) is 9.13 Å². The van der Waals surface area contributed by atoms with E-state index in [4.69, 9.17) is 37.5 Å². The second kappa shape index (κ2) is 79.1. The Kier molecular flexibility index (Phi) is 75.7. The number of carbonyl (C=O) groups is 6. The number of aliphatic hydroxyl groups excluding tert-OH is 2. The van der Waals surface area contributed by atoms with Crippen LogP contribution in [0, 0.1) is 5.41 Å². The maximum Gasteiger partial charge on any atom is 0.470 e. The SMILES string of the molecule is CCCCCCCCCCCCCC(=O)O[C@H](CCCCCCCCCCC)CC(=O)NCC(CO)(CO[C@@H]1OC(CO)[C@@H](OP(=O)(O)O)[C@H](OC(=O)C[C@@H](CCCCCCCCCCC)OC(=O)CCCCCCCCCCCCC)C1NC(=O)C[C@@H](CCCCCCCCCCC)OC(=O)CCCCCCCCCCCCC)COP(=O)(O)O. The molecule has 2 amide bonds. The smallest absolute Gasteiger partial charge is 0.462 e. The summed E-state index contributed by atoms with van der Waals surface area (Å²) in [6, 6.07) is -1.86. The summed E-state index contributed by atoms with van der Waals surface area (Å²) in [7, 11) is -11.0. The largest absolute Gasteiger partial charge is 0.470 e. The van der Waals surface area contributed by atoms with E-state index in [1.165, 1.54) is 141 Å². The van der Waals surface area contributed by atoms with Gasteiger partial charge in [-0.1, -0.05) is 388 Å². The molecule has 1 heterocycles. The fourth-order valence-electron chi connectivity index (χ4n) is 16.1. The third-order valence-electron chi connectivity index (χ3n) is 23.7. The van der Waals surface area contributed by atoms with Crippen molar-refractivity contribution in [1.29, 1.82) is 0 Å². The van der Waals surface area contributed by atoms with Crippen molar-refractivity contribution in [2.45, 2.75) is 534 Å². The average molecular weight is 1770 g/mol. The third kappa shape index (κ3) is 68.7. The van der Waals surface area contributed by atoms with Crippen LogP contribution >= 0.6 is 15.6 Å². The van der Waals surface area contributed by atoms with Gasteiger partial charge in [0, 0.05) is 25.8 Å². The molecule has 1 fully saturated rings. The molecule has 9 atom stereocenters. The number of hydrogen-bond donors (Lipinski definition) is 8. The number of phosphoric acid groups is 2. The van der Waals surface area contributed by atoms with Crippen molar-refractivity contribution in [2.24, 2.45) is 5.41 Å². The van der Waals surface area contributed by atoms with Crippen molar-refractivity contribution < 1.29 is 105 Å². The van der Waals surface area contributed by atoms with E-state index >= 15 is 4.79 Å². The number of rotatable bonds is 89. The summed E-state index contributed by atoms with van der Waals surface area (Å²) in [5.74, 6) is -3.96. The molecule has 3 unspecified atom stereocenters. The molecule has 0 radical (unpaired) electrons. The number of phosphoric ester groups is 2. The molecule has 24 nitrogen and oxygen atoms in total. The minimum atomic E-state index is -5.64. The van der Waals surface area contributed by atoms with Crippen LogP contribution in [0.2, 0.25) is 0 Å². The van der Waals surface area contributed by atoms with E-state index in [1.807, 2.05) is 0 Å². The number of amides is 2. The van der Waals surface area contributed by atoms with Crippen molar-refractivity contribution in [1.82, 2.24) is 10.6 Å². The Morgan fingerprint density at radius 3 is 0.934 bits per heavy atom. The van der Waals surface area contributed by atoms with Crippen LogP contribution in [0.25, 0.3) is 0 Å². The van der Waals surface area contributed by atoms with Crippen molar-refractivity contribution >= 4 is 51.3 Å². The predicted molar refractivity (Wildman–Crippen MR) is 483 cm³/mol. The van der Waals surface area contributed by atoms with Gasteiger partial charge in [-0.05, 0) is 57.8 Å². The normalized spacial score (nSPS) is 16.9. The summed E-state index contributed by atoms with van der Waals surface area (Å²) in [4.78, 5) is 127. The standard InChI is InChI=1S/C95H182N2O22P2/c1-7-13-19-25-31-37-40-46-52-58-64-70-87(102)114-81(67-61-55-49-43-34-28-22-16-10-4)73-85(100)96-77-95(78-99,80-113-120(106,107)108)79-112-94-91(97-86(101)74-82(68-62-56-50-44-35-29-23-17-11-5)115-88(103)71-65-59-53-47-41-38-32-26-20-14-8-2)93(92(84(76-98)117-94)119-121(109,110)111)118-90(105)75-83(69-63-57-51-45-36-30-24-18-12-6)116-89(104)72-66-60-54-48-42-39-33-27-21-15-9-3/h81-84,91-94,98-99H,7-80H2,1-6H3,(H,96,100)(H,97,101)(H2,106,107,108)(H2,109,110,111)/t81-,82-,83-,84?,91?,92-,93-,94-,95?/m1/s1. The molecule has 0 aliphatic carbocycles. The molecule has 0 saturated carbocycles. The highest BCUT2D eigenvalue weighted by atomic mass is 31.2. The maximum atomic E-state index is 15.1. The van der Waals surface area contributed by atoms with Gasteiger partial charge in [-0.2, -0.15) is 0 Å². The average Bonchev–Trinajstić information content (AvgIpc) is 0.776. The topological polar surface area (TPSA) is 356 Å². The Morgan fingerprint density at radius 2 is 0.645 bits per heavy atom. The van der Waals surface area contributed by atoms with Gasteiger partial charge in [-0.15, -0.1) is 0 Å². The Balaban J connectivity index is 4.00. The summed E-state index contributed by atoms with van der Waals surface area (Å²) in [5.41, 5.74) is -1.99. The van der Waals surface area contributed by atoms with E-state index in [1.54, 1.807) is 0 Å². The fourth-order valence-corrected chi connectivity index (χ4v) is 17.2. The minimum Gasteiger partial charge on any atom is -0.462 e. The number of ether oxygens (including phenoxy) is 6. The van der Waals surface area contributed by atoms with Crippen molar-refractivity contribution in [3.63, 3.8) is 0 Å². The highest BCUT2D eigenvalue weighted by Crippen LogP contribution is 2.44. The third-order valence-corrected chi connectivity index (χ3v) is 24.7. The summed E-state index contributed by atoms with van der Waals surface area (Å²) in [6.07, 6.45) is 52.4. The van der Waals surface area contributed by atoms with Gasteiger partial charge >= 0.3 is 39.5 Å². The molecule has 0 bridgehead atoms. The number of esters is 4. The summed E-state index contributed by atoms with van der Waals surface area (Å²) >= 11 is 0. The van der Waals surface area contributed by atoms with E-state index in [-0.39, 0.29) is 38.5 Å². The van der Waals surface area contributed by atoms with Crippen LogP contribution in [-0.4, -0.2) is 147 Å². The van der Waals surface area contributed by atoms with Crippen molar-refractivity contribution in [2.75, 3.05) is 33.0 Å². The van der Waals surface area contributed by atoms with Gasteiger partial charge in [-0.3, -0.25) is 37.8 Å². The number of aliphatic hydroxyl groups is 2. The zero-order valence-electron chi connectivity index (χ0n) is 77.6. The lowest BCUT2D eigenvalue weighted by atomic mass is 9.90. The summed E-state index contributed by atoms with van der Waals surface area (Å²) in [6.45, 7) is 8.66. The van der Waals surface area contributed by atoms with E-state index < -0.39 is 152 Å². The van der Waals surface area contributed by atoms with Crippen LogP contribution in [0.4, 0.5) is 0 Å². The van der Waals surface area contributed by atoms with E-state index in [2.05, 4.69) is 52.2 Å². The molecule has 1 aliphatic heterocycles. The molecule has 1 saturated heterocycles. The monoisotopic (exact) mass is 1770 g/mol. The summed E-state index contributed by atoms with van der Waals surface area (Å²) < 4.78 is 73.7. The number of carbonyl (C=O) groups excluding carboxylic acids is 6. The Hall–Kier alpha value is -3.12. The molecule has 0 aromatic carbocycles. The number of hydrogen-bond acceptors (Lipinski definition) is 18. The molecule has 0 aromatic rings. The van der Waals surface area contributed by atoms with Gasteiger partial charge in [0.05, 0.1) is 51.1 Å². The van der Waals surface area contributed by atoms with Crippen LogP contribution in [-0.2, 0) is 75.4 Å². The molecule has 8 N–H and O–H groups in total. The van der Waals surface area contributed by atoms with Crippen LogP contribution < -0.4 is 10.6 Å². The molecule has 0 spiro atoms. The highest BCUT2D eigenvalue weighted by Gasteiger charge is 2.53. The highest BCUT2D eigenvalue weighted by molar-refractivity contribution is 7.46. The van der Waals surface area contributed by atoms with E-state index in [9.17, 15) is 62.9 Å². The van der Waals surface area contributed by atoms with Crippen LogP contribution in [0.3, 0.4) is 0 Å².